The molecule has 1 aliphatic carbocycles. The lowest BCUT2D eigenvalue weighted by molar-refractivity contribution is -0.128. The molecule has 166 valence electrons. The molecule has 3 unspecified atom stereocenters. The fourth-order valence-corrected chi connectivity index (χ4v) is 4.84. The minimum atomic E-state index is -0.414. The van der Waals surface area contributed by atoms with E-state index in [0.29, 0.717) is 12.5 Å². The van der Waals surface area contributed by atoms with Crippen LogP contribution < -0.4 is 5.32 Å². The van der Waals surface area contributed by atoms with E-state index in [-0.39, 0.29) is 30.0 Å². The number of carbonyl (C=O) groups is 2. The van der Waals surface area contributed by atoms with Crippen molar-refractivity contribution in [3.8, 4) is 6.07 Å². The van der Waals surface area contributed by atoms with Crippen molar-refractivity contribution in [1.82, 2.24) is 14.8 Å². The van der Waals surface area contributed by atoms with E-state index in [1.807, 2.05) is 49.1 Å². The topological polar surface area (TPSA) is 78.1 Å². The molecule has 2 heterocycles. The summed E-state index contributed by atoms with van der Waals surface area (Å²) in [6, 6.07) is 14.2. The smallest absolute Gasteiger partial charge is 0.262 e. The number of nitrogens with zero attached hydrogens (tertiary/aromatic N) is 3. The predicted molar refractivity (Wildman–Crippen MR) is 124 cm³/mol. The number of nitrogens with one attached hydrogen (secondary N) is 1. The molecule has 1 aromatic carbocycles. The van der Waals surface area contributed by atoms with E-state index in [1.165, 1.54) is 5.56 Å². The van der Waals surface area contributed by atoms with Gasteiger partial charge in [0.15, 0.2) is 0 Å². The van der Waals surface area contributed by atoms with Crippen LogP contribution in [0, 0.1) is 25.2 Å². The van der Waals surface area contributed by atoms with E-state index in [2.05, 4.69) is 28.9 Å². The zero-order valence-electron chi connectivity index (χ0n) is 19.0. The third-order valence-corrected chi connectivity index (χ3v) is 6.60. The van der Waals surface area contributed by atoms with Crippen LogP contribution in [0.4, 0.5) is 0 Å². The highest BCUT2D eigenvalue weighted by atomic mass is 16.2. The minimum absolute atomic E-state index is 0.0706. The van der Waals surface area contributed by atoms with Gasteiger partial charge in [0.05, 0.1) is 6.04 Å². The van der Waals surface area contributed by atoms with Crippen LogP contribution in [0.25, 0.3) is 6.08 Å². The number of hydrogen-bond acceptors (Lipinski definition) is 3. The van der Waals surface area contributed by atoms with Gasteiger partial charge in [-0.2, -0.15) is 5.26 Å². The molecule has 2 aromatic rings. The highest BCUT2D eigenvalue weighted by Crippen LogP contribution is 2.45. The Morgan fingerprint density at radius 3 is 2.72 bits per heavy atom. The largest absolute Gasteiger partial charge is 0.349 e. The number of rotatable bonds is 7. The molecule has 1 N–H and O–H groups in total. The average Bonchev–Trinajstić information content (AvgIpc) is 3.43. The second-order valence-corrected chi connectivity index (χ2v) is 8.89. The molecule has 1 saturated heterocycles. The van der Waals surface area contributed by atoms with E-state index in [1.54, 1.807) is 6.08 Å². The average molecular weight is 431 g/mol. The van der Waals surface area contributed by atoms with Gasteiger partial charge in [-0.25, -0.2) is 0 Å². The molecular formula is C26H30N4O2. The summed E-state index contributed by atoms with van der Waals surface area (Å²) in [5, 5.41) is 12.5. The second kappa shape index (κ2) is 9.04. The zero-order valence-corrected chi connectivity index (χ0v) is 19.0. The van der Waals surface area contributed by atoms with Crippen LogP contribution in [-0.2, 0) is 16.1 Å². The Balaban J connectivity index is 1.40. The van der Waals surface area contributed by atoms with Gasteiger partial charge in [-0.15, -0.1) is 0 Å². The Morgan fingerprint density at radius 1 is 1.28 bits per heavy atom. The van der Waals surface area contributed by atoms with Gasteiger partial charge in [0.25, 0.3) is 5.91 Å². The van der Waals surface area contributed by atoms with E-state index in [9.17, 15) is 14.9 Å². The number of amides is 2. The molecule has 1 saturated carbocycles. The van der Waals surface area contributed by atoms with Gasteiger partial charge in [0.2, 0.25) is 5.91 Å². The van der Waals surface area contributed by atoms with Gasteiger partial charge < -0.3 is 14.8 Å². The van der Waals surface area contributed by atoms with Crippen LogP contribution in [0.15, 0.2) is 42.0 Å². The van der Waals surface area contributed by atoms with Gasteiger partial charge in [-0.1, -0.05) is 37.3 Å². The molecule has 0 radical (unpaired) electrons. The van der Waals surface area contributed by atoms with Crippen LogP contribution in [0.3, 0.4) is 0 Å². The number of hydrogen-bond donors (Lipinski definition) is 1. The van der Waals surface area contributed by atoms with Crippen molar-refractivity contribution in [2.75, 3.05) is 6.54 Å². The third kappa shape index (κ3) is 4.34. The minimum Gasteiger partial charge on any atom is -0.349 e. The van der Waals surface area contributed by atoms with Crippen molar-refractivity contribution >= 4 is 17.9 Å². The Labute approximate surface area is 189 Å². The lowest BCUT2D eigenvalue weighted by Gasteiger charge is -2.17. The number of likely N-dealkylation sites (tertiary alicyclic amines) is 1. The van der Waals surface area contributed by atoms with Crippen molar-refractivity contribution in [1.29, 1.82) is 5.26 Å². The van der Waals surface area contributed by atoms with Crippen molar-refractivity contribution in [3.05, 3.63) is 64.5 Å². The van der Waals surface area contributed by atoms with Gasteiger partial charge in [0.1, 0.15) is 11.6 Å². The summed E-state index contributed by atoms with van der Waals surface area (Å²) >= 11 is 0. The summed E-state index contributed by atoms with van der Waals surface area (Å²) in [5.41, 5.74) is 4.38. The van der Waals surface area contributed by atoms with E-state index in [0.717, 1.165) is 36.3 Å². The second-order valence-electron chi connectivity index (χ2n) is 8.89. The molecule has 2 aliphatic rings. The van der Waals surface area contributed by atoms with Gasteiger partial charge in [-0.3, -0.25) is 9.59 Å². The summed E-state index contributed by atoms with van der Waals surface area (Å²) in [7, 11) is 0. The first-order valence-electron chi connectivity index (χ1n) is 11.4. The van der Waals surface area contributed by atoms with E-state index in [4.69, 9.17) is 0 Å². The summed E-state index contributed by atoms with van der Waals surface area (Å²) in [5.74, 6) is 0.0368. The normalized spacial score (nSPS) is 22.7. The molecule has 1 aliphatic heterocycles. The molecule has 2 fully saturated rings. The number of aryl methyl sites for hydroxylation is 1. The maximum Gasteiger partial charge on any atom is 0.262 e. The van der Waals surface area contributed by atoms with Crippen molar-refractivity contribution in [2.45, 2.75) is 64.6 Å². The zero-order chi connectivity index (χ0) is 22.8. The maximum atomic E-state index is 12.8. The first kappa shape index (κ1) is 21.9. The molecule has 2 amide bonds. The molecular weight excluding hydrogens is 400 g/mol. The molecule has 6 heteroatoms. The monoisotopic (exact) mass is 430 g/mol. The number of aromatic nitrogens is 1. The summed E-state index contributed by atoms with van der Waals surface area (Å²) in [6.07, 6.45) is 3.93. The lowest BCUT2D eigenvalue weighted by atomic mass is 10.1. The maximum absolute atomic E-state index is 12.8. The van der Waals surface area contributed by atoms with Crippen LogP contribution in [-0.4, -0.2) is 39.9 Å². The van der Waals surface area contributed by atoms with Crippen LogP contribution in [0.1, 0.15) is 54.6 Å². The van der Waals surface area contributed by atoms with E-state index >= 15 is 0 Å². The molecule has 4 rings (SSSR count). The van der Waals surface area contributed by atoms with Crippen molar-refractivity contribution in [3.63, 3.8) is 0 Å². The van der Waals surface area contributed by atoms with Crippen LogP contribution in [0.2, 0.25) is 0 Å². The molecule has 0 spiro atoms. The quantitative estimate of drug-likeness (QED) is 0.537. The van der Waals surface area contributed by atoms with Crippen LogP contribution in [0.5, 0.6) is 0 Å². The summed E-state index contributed by atoms with van der Waals surface area (Å²) in [4.78, 5) is 27.3. The fraction of sp³-hybridized carbons (Fsp3) is 0.423. The third-order valence-electron chi connectivity index (χ3n) is 6.60. The highest BCUT2D eigenvalue weighted by Gasteiger charge is 2.48. The van der Waals surface area contributed by atoms with Crippen LogP contribution >= 0.6 is 0 Å². The first-order valence-corrected chi connectivity index (χ1v) is 11.4. The first-order chi connectivity index (χ1) is 15.4. The van der Waals surface area contributed by atoms with Gasteiger partial charge in [-0.05, 0) is 50.0 Å². The Kier molecular flexibility index (Phi) is 6.18. The van der Waals surface area contributed by atoms with Gasteiger partial charge in [0, 0.05) is 42.9 Å². The summed E-state index contributed by atoms with van der Waals surface area (Å²) < 4.78 is 2.20. The SMILES string of the molecule is CCCn1c(C)cc(/C=C(/C#N)C(=O)NC2CC(=O)N(C3CC3c3ccccc3)C2)c1C. The Hall–Kier alpha value is -3.33. The lowest BCUT2D eigenvalue weighted by Crippen LogP contribution is -2.38. The fourth-order valence-electron chi connectivity index (χ4n) is 4.84. The van der Waals surface area contributed by atoms with Gasteiger partial charge >= 0.3 is 0 Å². The standard InChI is InChI=1S/C26H30N4O2/c1-4-10-29-17(2)11-20(18(29)3)12-21(15-27)26(32)28-22-13-25(31)30(16-22)24-14-23(24)19-8-6-5-7-9-19/h5-9,11-12,22-24H,4,10,13-14,16H2,1-3H3,(H,28,32)/b21-12-. The molecule has 3 atom stereocenters. The number of benzene rings is 1. The Morgan fingerprint density at radius 2 is 2.03 bits per heavy atom. The Bertz CT molecular complexity index is 1090. The highest BCUT2D eigenvalue weighted by molar-refractivity contribution is 6.02. The molecule has 32 heavy (non-hydrogen) atoms. The van der Waals surface area contributed by atoms with Crippen molar-refractivity contribution < 1.29 is 9.59 Å². The number of nitriles is 1. The summed E-state index contributed by atoms with van der Waals surface area (Å²) in [6.45, 7) is 7.57. The predicted octanol–water partition coefficient (Wildman–Crippen LogP) is 3.70. The van der Waals surface area contributed by atoms with E-state index < -0.39 is 5.91 Å². The molecule has 1 aromatic heterocycles. The molecule has 0 bridgehead atoms. The van der Waals surface area contributed by atoms with Crippen molar-refractivity contribution in [2.24, 2.45) is 0 Å². The molecule has 6 nitrogen and oxygen atoms in total. The number of carbonyl (C=O) groups excluding carboxylic acids is 2.